The summed E-state index contributed by atoms with van der Waals surface area (Å²) in [4.78, 5) is 11.9. The molecular formula is C7H8N5O+. The summed E-state index contributed by atoms with van der Waals surface area (Å²) < 4.78 is 0. The number of H-pyrrole nitrogens is 1. The number of amides is 2. The zero-order valence-electron chi connectivity index (χ0n) is 6.69. The number of aromatic nitrogens is 3. The van der Waals surface area contributed by atoms with Crippen LogP contribution in [0.3, 0.4) is 0 Å². The van der Waals surface area contributed by atoms with Crippen LogP contribution < -0.4 is 16.0 Å². The third-order valence-corrected chi connectivity index (χ3v) is 1.62. The number of rotatable bonds is 1. The molecule has 0 spiro atoms. The number of primary amides is 1. The lowest BCUT2D eigenvalue weighted by atomic mass is 10.3. The van der Waals surface area contributed by atoms with Gasteiger partial charge in [0.2, 0.25) is 5.52 Å². The summed E-state index contributed by atoms with van der Waals surface area (Å²) in [6, 6.07) is 6.70. The smallest absolute Gasteiger partial charge is 0.349 e. The van der Waals surface area contributed by atoms with Crippen LogP contribution in [-0.2, 0) is 0 Å². The second kappa shape index (κ2) is 2.74. The van der Waals surface area contributed by atoms with Crippen LogP contribution in [0.5, 0.6) is 0 Å². The molecule has 0 saturated carbocycles. The summed E-state index contributed by atoms with van der Waals surface area (Å²) in [5.74, 6) is 0. The van der Waals surface area contributed by atoms with Gasteiger partial charge in [0.15, 0.2) is 0 Å². The molecule has 6 nitrogen and oxygen atoms in total. The SMILES string of the molecule is NC(=O)N[n+]1[nH]nc2ccccc21. The van der Waals surface area contributed by atoms with Crippen molar-refractivity contribution in [1.29, 1.82) is 0 Å². The van der Waals surface area contributed by atoms with Crippen LogP contribution in [0.15, 0.2) is 24.3 Å². The molecule has 1 aromatic carbocycles. The first-order valence-electron chi connectivity index (χ1n) is 3.69. The van der Waals surface area contributed by atoms with E-state index in [0.717, 1.165) is 11.0 Å². The van der Waals surface area contributed by atoms with Gasteiger partial charge in [-0.15, -0.1) is 0 Å². The van der Waals surface area contributed by atoms with Crippen LogP contribution in [0.25, 0.3) is 11.0 Å². The van der Waals surface area contributed by atoms with Gasteiger partial charge < -0.3 is 5.73 Å². The molecule has 1 aromatic heterocycles. The summed E-state index contributed by atoms with van der Waals surface area (Å²) in [6.45, 7) is 0. The third-order valence-electron chi connectivity index (χ3n) is 1.62. The highest BCUT2D eigenvalue weighted by Gasteiger charge is 2.11. The van der Waals surface area contributed by atoms with Gasteiger partial charge >= 0.3 is 6.03 Å². The highest BCUT2D eigenvalue weighted by Crippen LogP contribution is 2.02. The molecule has 1 heterocycles. The van der Waals surface area contributed by atoms with Gasteiger partial charge in [-0.3, -0.25) is 0 Å². The maximum atomic E-state index is 10.6. The van der Waals surface area contributed by atoms with Crippen molar-refractivity contribution < 1.29 is 9.59 Å². The Hall–Kier alpha value is -2.11. The minimum absolute atomic E-state index is 0.639. The van der Waals surface area contributed by atoms with Crippen LogP contribution in [0.1, 0.15) is 0 Å². The van der Waals surface area contributed by atoms with E-state index in [1.807, 2.05) is 24.3 Å². The van der Waals surface area contributed by atoms with E-state index >= 15 is 0 Å². The quantitative estimate of drug-likeness (QED) is 0.513. The number of nitrogens with two attached hydrogens (primary N) is 1. The summed E-state index contributed by atoms with van der Waals surface area (Å²) in [7, 11) is 0. The molecule has 0 aliphatic carbocycles. The molecule has 0 radical (unpaired) electrons. The molecule has 0 unspecified atom stereocenters. The largest absolute Gasteiger partial charge is 0.349 e. The van der Waals surface area contributed by atoms with E-state index < -0.39 is 6.03 Å². The van der Waals surface area contributed by atoms with Gasteiger partial charge in [0.1, 0.15) is 0 Å². The predicted molar refractivity (Wildman–Crippen MR) is 45.2 cm³/mol. The van der Waals surface area contributed by atoms with Gasteiger partial charge in [0.25, 0.3) is 5.52 Å². The zero-order valence-corrected chi connectivity index (χ0v) is 6.69. The lowest BCUT2D eigenvalue weighted by Crippen LogP contribution is -2.52. The summed E-state index contributed by atoms with van der Waals surface area (Å²) >= 11 is 0. The number of urea groups is 1. The highest BCUT2D eigenvalue weighted by atomic mass is 16.2. The molecule has 0 aliphatic rings. The fourth-order valence-electron chi connectivity index (χ4n) is 1.10. The molecule has 4 N–H and O–H groups in total. The molecule has 2 amide bonds. The molecule has 66 valence electrons. The van der Waals surface area contributed by atoms with Gasteiger partial charge in [-0.05, 0) is 22.1 Å². The van der Waals surface area contributed by atoms with Gasteiger partial charge in [0.05, 0.1) is 0 Å². The Morgan fingerprint density at radius 1 is 1.54 bits per heavy atom. The molecule has 13 heavy (non-hydrogen) atoms. The van der Waals surface area contributed by atoms with E-state index in [2.05, 4.69) is 15.7 Å². The van der Waals surface area contributed by atoms with Crippen molar-refractivity contribution >= 4 is 17.1 Å². The van der Waals surface area contributed by atoms with E-state index in [9.17, 15) is 4.79 Å². The highest BCUT2D eigenvalue weighted by molar-refractivity contribution is 5.79. The lowest BCUT2D eigenvalue weighted by molar-refractivity contribution is -0.678. The molecular weight excluding hydrogens is 170 g/mol. The summed E-state index contributed by atoms with van der Waals surface area (Å²) in [6.07, 6.45) is 0. The van der Waals surface area contributed by atoms with Gasteiger partial charge in [0, 0.05) is 5.10 Å². The standard InChI is InChI=1S/C7H7N5O/c8-7(13)10-12-6-4-2-1-3-5(6)9-11-12/h1-4H,(H3,8,10,13)/p+1. The first-order chi connectivity index (χ1) is 6.27. The van der Waals surface area contributed by atoms with Crippen molar-refractivity contribution in [3.05, 3.63) is 24.3 Å². The Morgan fingerprint density at radius 3 is 3.08 bits per heavy atom. The van der Waals surface area contributed by atoms with Crippen molar-refractivity contribution in [3.63, 3.8) is 0 Å². The number of fused-ring (bicyclic) bond motifs is 1. The first-order valence-corrected chi connectivity index (χ1v) is 3.69. The fourth-order valence-corrected chi connectivity index (χ4v) is 1.10. The Bertz CT molecular complexity index is 449. The number of para-hydroxylation sites is 2. The third kappa shape index (κ3) is 1.28. The van der Waals surface area contributed by atoms with E-state index in [-0.39, 0.29) is 0 Å². The van der Waals surface area contributed by atoms with Crippen molar-refractivity contribution in [2.75, 3.05) is 5.43 Å². The molecule has 0 bridgehead atoms. The first kappa shape index (κ1) is 7.53. The lowest BCUT2D eigenvalue weighted by Gasteiger charge is -1.92. The number of carbonyl (C=O) groups is 1. The van der Waals surface area contributed by atoms with E-state index in [1.54, 1.807) is 0 Å². The molecule has 0 fully saturated rings. The average molecular weight is 178 g/mol. The number of hydrogen-bond donors (Lipinski definition) is 3. The van der Waals surface area contributed by atoms with Gasteiger partial charge in [-0.2, -0.15) is 5.43 Å². The maximum absolute atomic E-state index is 10.6. The number of nitrogens with zero attached hydrogens (tertiary/aromatic N) is 2. The van der Waals surface area contributed by atoms with Crippen LogP contribution in [0, 0.1) is 0 Å². The summed E-state index contributed by atoms with van der Waals surface area (Å²) in [5, 5.41) is 6.54. The van der Waals surface area contributed by atoms with Gasteiger partial charge in [-0.25, -0.2) is 4.79 Å². The van der Waals surface area contributed by atoms with E-state index in [4.69, 9.17) is 5.73 Å². The van der Waals surface area contributed by atoms with Crippen molar-refractivity contribution in [1.82, 2.24) is 10.3 Å². The van der Waals surface area contributed by atoms with Crippen molar-refractivity contribution in [3.8, 4) is 0 Å². The van der Waals surface area contributed by atoms with Crippen LogP contribution in [0.2, 0.25) is 0 Å². The molecule has 0 saturated heterocycles. The van der Waals surface area contributed by atoms with Crippen LogP contribution in [0.4, 0.5) is 4.79 Å². The Labute approximate surface area is 73.3 Å². The minimum Gasteiger partial charge on any atom is -0.349 e. The molecule has 6 heteroatoms. The number of benzene rings is 1. The second-order valence-corrected chi connectivity index (χ2v) is 2.51. The van der Waals surface area contributed by atoms with Crippen LogP contribution >= 0.6 is 0 Å². The topological polar surface area (TPSA) is 87.7 Å². The summed E-state index contributed by atoms with van der Waals surface area (Å²) in [5.41, 5.74) is 8.85. The van der Waals surface area contributed by atoms with E-state index in [1.165, 1.54) is 4.79 Å². The second-order valence-electron chi connectivity index (χ2n) is 2.51. The van der Waals surface area contributed by atoms with Crippen molar-refractivity contribution in [2.24, 2.45) is 5.73 Å². The Balaban J connectivity index is 2.51. The molecule has 2 rings (SSSR count). The number of nitrogens with one attached hydrogen (secondary N) is 2. The molecule has 0 aliphatic heterocycles. The van der Waals surface area contributed by atoms with Crippen LogP contribution in [-0.4, -0.2) is 16.3 Å². The predicted octanol–water partition coefficient (Wildman–Crippen LogP) is -0.527. The average Bonchev–Trinajstić information content (AvgIpc) is 2.48. The number of hydrogen-bond acceptors (Lipinski definition) is 2. The maximum Gasteiger partial charge on any atom is 0.349 e. The fraction of sp³-hybridized carbons (Fsp3) is 0. The monoisotopic (exact) mass is 178 g/mol. The number of aromatic amines is 1. The zero-order chi connectivity index (χ0) is 9.26. The van der Waals surface area contributed by atoms with Crippen molar-refractivity contribution in [2.45, 2.75) is 0 Å². The minimum atomic E-state index is -0.639. The van der Waals surface area contributed by atoms with Gasteiger partial charge in [-0.1, -0.05) is 12.1 Å². The number of carbonyl (C=O) groups excluding carboxylic acids is 1. The molecule has 2 aromatic rings. The normalized spacial score (nSPS) is 10.2. The molecule has 0 atom stereocenters. The van der Waals surface area contributed by atoms with E-state index in [0.29, 0.717) is 0 Å². The Kier molecular flexibility index (Phi) is 1.59. The Morgan fingerprint density at radius 2 is 2.31 bits per heavy atom.